The van der Waals surface area contributed by atoms with Gasteiger partial charge in [0.1, 0.15) is 13.5 Å². The first kappa shape index (κ1) is 25.3. The summed E-state index contributed by atoms with van der Waals surface area (Å²) in [7, 11) is -9.83. The first-order valence-corrected chi connectivity index (χ1v) is 12.7. The minimum atomic E-state index is -4.92. The van der Waals surface area contributed by atoms with E-state index in [2.05, 4.69) is 9.05 Å². The number of imide groups is 2. The number of rotatable bonds is 6. The second kappa shape index (κ2) is 8.14. The van der Waals surface area contributed by atoms with E-state index in [-0.39, 0.29) is 29.6 Å². The van der Waals surface area contributed by atoms with Crippen LogP contribution >= 0.6 is 15.6 Å². The molecule has 6 aliphatic rings. The molecule has 14 nitrogen and oxygen atoms in total. The molecule has 4 N–H and O–H groups in total. The van der Waals surface area contributed by atoms with Crippen LogP contribution in [0.2, 0.25) is 0 Å². The van der Waals surface area contributed by atoms with Crippen LogP contribution in [0.5, 0.6) is 0 Å². The van der Waals surface area contributed by atoms with Crippen molar-refractivity contribution in [2.45, 2.75) is 0 Å². The maximum atomic E-state index is 12.9. The quantitative estimate of drug-likeness (QED) is 0.114. The molecular formula is C16H18N2NaO12P2+. The fourth-order valence-corrected chi connectivity index (χ4v) is 6.78. The Balaban J connectivity index is 0.00000259. The number of carbonyl (C=O) groups is 4. The molecule has 174 valence electrons. The first-order valence-electron chi connectivity index (χ1n) is 9.61. The van der Waals surface area contributed by atoms with Crippen molar-refractivity contribution in [3.63, 3.8) is 0 Å². The van der Waals surface area contributed by atoms with Gasteiger partial charge in [-0.3, -0.25) is 38.0 Å². The van der Waals surface area contributed by atoms with Gasteiger partial charge in [-0.2, -0.15) is 0 Å². The fourth-order valence-electron chi connectivity index (χ4n) is 6.24. The van der Waals surface area contributed by atoms with Crippen molar-refractivity contribution in [2.24, 2.45) is 47.3 Å². The van der Waals surface area contributed by atoms with Gasteiger partial charge in [0.15, 0.2) is 0 Å². The third-order valence-corrected chi connectivity index (χ3v) is 8.14. The van der Waals surface area contributed by atoms with Crippen LogP contribution < -0.4 is 29.6 Å². The Morgan fingerprint density at radius 2 is 0.970 bits per heavy atom. The third kappa shape index (κ3) is 3.76. The molecule has 4 amide bonds. The molecule has 6 rings (SSSR count). The van der Waals surface area contributed by atoms with Gasteiger partial charge in [0.25, 0.3) is 0 Å². The van der Waals surface area contributed by atoms with Gasteiger partial charge in [-0.25, -0.2) is 9.13 Å². The van der Waals surface area contributed by atoms with Crippen molar-refractivity contribution in [3.05, 3.63) is 12.2 Å². The molecule has 33 heavy (non-hydrogen) atoms. The second-order valence-corrected chi connectivity index (χ2v) is 11.0. The molecule has 2 saturated heterocycles. The summed E-state index contributed by atoms with van der Waals surface area (Å²) < 4.78 is 30.6. The summed E-state index contributed by atoms with van der Waals surface area (Å²) in [6.45, 7) is -1.79. The Morgan fingerprint density at radius 1 is 0.667 bits per heavy atom. The zero-order chi connectivity index (χ0) is 23.3. The topological polar surface area (TPSA) is 208 Å². The second-order valence-electron chi connectivity index (χ2n) is 8.50. The van der Waals surface area contributed by atoms with Crippen molar-refractivity contribution in [3.8, 4) is 0 Å². The molecule has 2 bridgehead atoms. The van der Waals surface area contributed by atoms with E-state index < -0.39 is 100 Å². The molecule has 2 saturated carbocycles. The number of allylic oxidation sites excluding steroid dienone is 2. The summed E-state index contributed by atoms with van der Waals surface area (Å²) in [4.78, 5) is 88.3. The van der Waals surface area contributed by atoms with E-state index in [1.165, 1.54) is 0 Å². The van der Waals surface area contributed by atoms with Gasteiger partial charge in [0, 0.05) is 0 Å². The van der Waals surface area contributed by atoms with Crippen LogP contribution in [0, 0.1) is 47.3 Å². The van der Waals surface area contributed by atoms with Crippen molar-refractivity contribution < 1.29 is 86.5 Å². The van der Waals surface area contributed by atoms with Crippen molar-refractivity contribution in [1.29, 1.82) is 0 Å². The number of amides is 4. The Morgan fingerprint density at radius 3 is 1.27 bits per heavy atom. The Hall–Kier alpha value is -0.760. The molecule has 0 aromatic carbocycles. The molecule has 0 aromatic heterocycles. The van der Waals surface area contributed by atoms with Gasteiger partial charge >= 0.3 is 45.2 Å². The zero-order valence-corrected chi connectivity index (χ0v) is 20.8. The Bertz CT molecular complexity index is 1010. The zero-order valence-electron chi connectivity index (χ0n) is 17.0. The van der Waals surface area contributed by atoms with Crippen LogP contribution in [0.25, 0.3) is 0 Å². The van der Waals surface area contributed by atoms with Crippen LogP contribution in [0.4, 0.5) is 0 Å². The average Bonchev–Trinajstić information content (AvgIpc) is 3.02. The van der Waals surface area contributed by atoms with Crippen LogP contribution in [0.15, 0.2) is 12.2 Å². The standard InChI is InChI=1S/C16H18N2O12P2.Na/c19-13-9-5-1-2-6(10(9)14(20)17(13)3-29-31(23,24)25)8-7(5)11-12(8)16(22)18(15(11)21)4-30-32(26,27)28;/h1-2,5-12H,3-4H2,(H2,23,24,25)(H2,26,27,28);/q;+1. The number of likely N-dealkylation sites (tertiary alicyclic amines) is 2. The molecule has 4 aliphatic carbocycles. The number of phosphoric acid groups is 2. The fraction of sp³-hybridized carbons (Fsp3) is 0.625. The molecule has 0 aromatic rings. The van der Waals surface area contributed by atoms with Crippen molar-refractivity contribution >= 4 is 39.3 Å². The first-order chi connectivity index (χ1) is 14.8. The number of phosphoric ester groups is 2. The van der Waals surface area contributed by atoms with E-state index in [4.69, 9.17) is 19.6 Å². The molecule has 17 heteroatoms. The monoisotopic (exact) mass is 515 g/mol. The SMILES string of the molecule is O=C1C2C3C=CC(C2C(=O)N1COP(=O)(O)O)C1C2C(=O)N(COP(=O)(O)O)C(=O)C2C31.[Na+]. The number of fused-ring (bicyclic) bond motifs is 1. The number of nitrogens with zero attached hydrogens (tertiary/aromatic N) is 2. The van der Waals surface area contributed by atoms with Gasteiger partial charge in [-0.15, -0.1) is 0 Å². The van der Waals surface area contributed by atoms with E-state index in [1.807, 2.05) is 0 Å². The van der Waals surface area contributed by atoms with Crippen LogP contribution in [0.3, 0.4) is 0 Å². The Labute approximate surface area is 208 Å². The average molecular weight is 515 g/mol. The largest absolute Gasteiger partial charge is 1.00 e. The predicted molar refractivity (Wildman–Crippen MR) is 96.8 cm³/mol. The molecular weight excluding hydrogens is 497 g/mol. The maximum Gasteiger partial charge on any atom is 1.00 e. The maximum absolute atomic E-state index is 12.9. The van der Waals surface area contributed by atoms with E-state index in [1.54, 1.807) is 12.2 Å². The predicted octanol–water partition coefficient (Wildman–Crippen LogP) is -4.61. The van der Waals surface area contributed by atoms with E-state index in [0.29, 0.717) is 9.80 Å². The normalized spacial score (nSPS) is 38.8. The van der Waals surface area contributed by atoms with Crippen molar-refractivity contribution in [1.82, 2.24) is 9.80 Å². The molecule has 0 spiro atoms. The van der Waals surface area contributed by atoms with E-state index in [9.17, 15) is 28.3 Å². The van der Waals surface area contributed by atoms with Gasteiger partial charge in [-0.1, -0.05) is 12.2 Å². The Kier molecular flexibility index (Phi) is 6.25. The van der Waals surface area contributed by atoms with Crippen LogP contribution in [-0.4, -0.2) is 66.5 Å². The number of hydrogen-bond donors (Lipinski definition) is 4. The van der Waals surface area contributed by atoms with Crippen molar-refractivity contribution in [2.75, 3.05) is 13.5 Å². The smallest absolute Gasteiger partial charge is 0.303 e. The summed E-state index contributed by atoms with van der Waals surface area (Å²) in [5.74, 6) is -7.84. The molecule has 8 atom stereocenters. The van der Waals surface area contributed by atoms with Gasteiger partial charge in [-0.05, 0) is 23.7 Å². The number of carbonyl (C=O) groups excluding carboxylic acids is 4. The van der Waals surface area contributed by atoms with E-state index in [0.717, 1.165) is 0 Å². The molecule has 8 unspecified atom stereocenters. The van der Waals surface area contributed by atoms with Gasteiger partial charge in [0.2, 0.25) is 23.6 Å². The summed E-state index contributed by atoms with van der Waals surface area (Å²) in [6.07, 6.45) is 3.46. The van der Waals surface area contributed by atoms with E-state index >= 15 is 0 Å². The summed E-state index contributed by atoms with van der Waals surface area (Å²) >= 11 is 0. The minimum absolute atomic E-state index is 0. The van der Waals surface area contributed by atoms with Crippen LogP contribution in [0.1, 0.15) is 0 Å². The summed E-state index contributed by atoms with van der Waals surface area (Å²) in [5.41, 5.74) is 0. The van der Waals surface area contributed by atoms with Crippen LogP contribution in [-0.2, 0) is 37.4 Å². The summed E-state index contributed by atoms with van der Waals surface area (Å²) in [5, 5.41) is 0. The minimum Gasteiger partial charge on any atom is -0.303 e. The summed E-state index contributed by atoms with van der Waals surface area (Å²) in [6, 6.07) is 0. The molecule has 4 fully saturated rings. The van der Waals surface area contributed by atoms with Gasteiger partial charge in [0.05, 0.1) is 23.7 Å². The number of hydrogen-bond acceptors (Lipinski definition) is 8. The molecule has 0 radical (unpaired) electrons. The third-order valence-electron chi connectivity index (χ3n) is 7.24. The molecule has 2 aliphatic heterocycles. The van der Waals surface area contributed by atoms with Gasteiger partial charge < -0.3 is 19.6 Å². The molecule has 2 heterocycles.